The van der Waals surface area contributed by atoms with Crippen LogP contribution in [0.2, 0.25) is 0 Å². The van der Waals surface area contributed by atoms with Crippen molar-refractivity contribution in [1.82, 2.24) is 9.55 Å². The smallest absolute Gasteiger partial charge is 0.262 e. The first-order valence-corrected chi connectivity index (χ1v) is 7.98. The third-order valence-electron chi connectivity index (χ3n) is 3.89. The highest BCUT2D eigenvalue weighted by Crippen LogP contribution is 2.34. The molecule has 0 N–H and O–H groups in total. The van der Waals surface area contributed by atoms with Crippen molar-refractivity contribution in [3.05, 3.63) is 26.6 Å². The SMILES string of the molecule is CCc1nc2sc3c(c2c(=O)n1CCCC#N)CCC3. The van der Waals surface area contributed by atoms with E-state index in [1.807, 2.05) is 6.92 Å². The Balaban J connectivity index is 2.15. The summed E-state index contributed by atoms with van der Waals surface area (Å²) < 4.78 is 1.78. The molecule has 0 bridgehead atoms. The number of aryl methyl sites for hydroxylation is 3. The Bertz CT molecular complexity index is 751. The number of hydrogen-bond donors (Lipinski definition) is 0. The maximum absolute atomic E-state index is 12.8. The van der Waals surface area contributed by atoms with Crippen LogP contribution in [-0.2, 0) is 25.8 Å². The lowest BCUT2D eigenvalue weighted by molar-refractivity contribution is 0.594. The van der Waals surface area contributed by atoms with Crippen LogP contribution >= 0.6 is 11.3 Å². The zero-order valence-corrected chi connectivity index (χ0v) is 12.4. The van der Waals surface area contributed by atoms with Crippen LogP contribution in [0.4, 0.5) is 0 Å². The van der Waals surface area contributed by atoms with Crippen LogP contribution in [0.15, 0.2) is 4.79 Å². The average Bonchev–Trinajstić information content (AvgIpc) is 3.01. The van der Waals surface area contributed by atoms with Gasteiger partial charge in [-0.3, -0.25) is 9.36 Å². The van der Waals surface area contributed by atoms with Crippen LogP contribution in [-0.4, -0.2) is 9.55 Å². The normalized spacial score (nSPS) is 13.6. The fourth-order valence-corrected chi connectivity index (χ4v) is 4.21. The summed E-state index contributed by atoms with van der Waals surface area (Å²) >= 11 is 1.69. The molecule has 1 aliphatic rings. The number of aromatic nitrogens is 2. The molecule has 0 saturated heterocycles. The second kappa shape index (κ2) is 5.37. The van der Waals surface area contributed by atoms with Gasteiger partial charge in [-0.2, -0.15) is 5.26 Å². The lowest BCUT2D eigenvalue weighted by atomic mass is 10.2. The van der Waals surface area contributed by atoms with E-state index < -0.39 is 0 Å². The molecule has 4 nitrogen and oxygen atoms in total. The summed E-state index contributed by atoms with van der Waals surface area (Å²) in [5.74, 6) is 0.848. The summed E-state index contributed by atoms with van der Waals surface area (Å²) in [5.41, 5.74) is 1.34. The molecule has 0 aromatic carbocycles. The predicted molar refractivity (Wildman–Crippen MR) is 80.1 cm³/mol. The summed E-state index contributed by atoms with van der Waals surface area (Å²) in [4.78, 5) is 19.7. The quantitative estimate of drug-likeness (QED) is 0.812. The zero-order chi connectivity index (χ0) is 14.1. The van der Waals surface area contributed by atoms with Gasteiger partial charge in [-0.1, -0.05) is 6.92 Å². The van der Waals surface area contributed by atoms with Gasteiger partial charge in [0.25, 0.3) is 5.56 Å². The maximum atomic E-state index is 12.8. The number of nitriles is 1. The number of rotatable bonds is 4. The highest BCUT2D eigenvalue weighted by Gasteiger charge is 2.22. The van der Waals surface area contributed by atoms with E-state index in [-0.39, 0.29) is 5.56 Å². The fraction of sp³-hybridized carbons (Fsp3) is 0.533. The van der Waals surface area contributed by atoms with E-state index in [9.17, 15) is 4.79 Å². The number of thiophene rings is 1. The highest BCUT2D eigenvalue weighted by molar-refractivity contribution is 7.18. The fourth-order valence-electron chi connectivity index (χ4n) is 2.94. The molecule has 0 spiro atoms. The minimum absolute atomic E-state index is 0.101. The second-order valence-electron chi connectivity index (χ2n) is 5.14. The van der Waals surface area contributed by atoms with E-state index in [0.29, 0.717) is 19.4 Å². The Morgan fingerprint density at radius 2 is 2.30 bits per heavy atom. The maximum Gasteiger partial charge on any atom is 0.262 e. The second-order valence-corrected chi connectivity index (χ2v) is 6.22. The van der Waals surface area contributed by atoms with Gasteiger partial charge in [0.2, 0.25) is 0 Å². The first kappa shape index (κ1) is 13.3. The molecule has 2 aromatic rings. The molecule has 0 aliphatic heterocycles. The van der Waals surface area contributed by atoms with Gasteiger partial charge >= 0.3 is 0 Å². The van der Waals surface area contributed by atoms with Crippen LogP contribution in [0.25, 0.3) is 10.2 Å². The molecule has 2 aromatic heterocycles. The third kappa shape index (κ3) is 2.04. The molecule has 5 heteroatoms. The molecule has 2 heterocycles. The molecule has 0 atom stereocenters. The van der Waals surface area contributed by atoms with E-state index >= 15 is 0 Å². The molecule has 3 rings (SSSR count). The van der Waals surface area contributed by atoms with Crippen LogP contribution in [0.5, 0.6) is 0 Å². The molecule has 0 radical (unpaired) electrons. The van der Waals surface area contributed by atoms with E-state index in [2.05, 4.69) is 6.07 Å². The van der Waals surface area contributed by atoms with E-state index in [1.54, 1.807) is 15.9 Å². The van der Waals surface area contributed by atoms with Gasteiger partial charge in [0.15, 0.2) is 0 Å². The standard InChI is InChI=1S/C15H17N3OS/c1-2-12-17-14-13(10-6-5-7-11(10)20-14)15(19)18(12)9-4-3-8-16/h2-7,9H2,1H3. The van der Waals surface area contributed by atoms with Gasteiger partial charge in [-0.05, 0) is 31.2 Å². The van der Waals surface area contributed by atoms with Crippen molar-refractivity contribution in [1.29, 1.82) is 5.26 Å². The first-order chi connectivity index (χ1) is 9.76. The molecular formula is C15H17N3OS. The van der Waals surface area contributed by atoms with Crippen molar-refractivity contribution in [3.63, 3.8) is 0 Å². The van der Waals surface area contributed by atoms with Gasteiger partial charge in [-0.15, -0.1) is 11.3 Å². The van der Waals surface area contributed by atoms with Crippen LogP contribution in [0.3, 0.4) is 0 Å². The molecule has 104 valence electrons. The van der Waals surface area contributed by atoms with Crippen molar-refractivity contribution < 1.29 is 0 Å². The van der Waals surface area contributed by atoms with Crippen molar-refractivity contribution in [2.75, 3.05) is 0 Å². The summed E-state index contributed by atoms with van der Waals surface area (Å²) in [6.45, 7) is 2.62. The van der Waals surface area contributed by atoms with E-state index in [4.69, 9.17) is 10.2 Å². The summed E-state index contributed by atoms with van der Waals surface area (Å²) in [6, 6.07) is 2.13. The average molecular weight is 287 g/mol. The molecule has 0 unspecified atom stereocenters. The molecule has 0 saturated carbocycles. The van der Waals surface area contributed by atoms with Crippen LogP contribution in [0, 0.1) is 11.3 Å². The first-order valence-electron chi connectivity index (χ1n) is 7.17. The van der Waals surface area contributed by atoms with Crippen molar-refractivity contribution >= 4 is 21.6 Å². The minimum Gasteiger partial charge on any atom is -0.296 e. The summed E-state index contributed by atoms with van der Waals surface area (Å²) in [5, 5.41) is 9.50. The number of unbranched alkanes of at least 4 members (excludes halogenated alkanes) is 1. The largest absolute Gasteiger partial charge is 0.296 e. The summed E-state index contributed by atoms with van der Waals surface area (Å²) in [6.07, 6.45) is 5.20. The van der Waals surface area contributed by atoms with Gasteiger partial charge < -0.3 is 0 Å². The minimum atomic E-state index is 0.101. The van der Waals surface area contributed by atoms with Crippen LogP contribution < -0.4 is 5.56 Å². The summed E-state index contributed by atoms with van der Waals surface area (Å²) in [7, 11) is 0. The van der Waals surface area contributed by atoms with E-state index in [1.165, 1.54) is 10.4 Å². The third-order valence-corrected chi connectivity index (χ3v) is 5.08. The molecule has 1 aliphatic carbocycles. The molecule has 0 fully saturated rings. The monoisotopic (exact) mass is 287 g/mol. The van der Waals surface area contributed by atoms with E-state index in [0.717, 1.165) is 41.7 Å². The lowest BCUT2D eigenvalue weighted by Gasteiger charge is -2.10. The zero-order valence-electron chi connectivity index (χ0n) is 11.6. The number of fused-ring (bicyclic) bond motifs is 3. The van der Waals surface area contributed by atoms with Crippen LogP contribution in [0.1, 0.15) is 42.5 Å². The Labute approximate surface area is 121 Å². The predicted octanol–water partition coefficient (Wildman–Crippen LogP) is 2.81. The molecule has 20 heavy (non-hydrogen) atoms. The Hall–Kier alpha value is -1.67. The Morgan fingerprint density at radius 1 is 1.45 bits per heavy atom. The molecule has 0 amide bonds. The van der Waals surface area contributed by atoms with Crippen molar-refractivity contribution in [2.45, 2.75) is 52.0 Å². The lowest BCUT2D eigenvalue weighted by Crippen LogP contribution is -2.25. The topological polar surface area (TPSA) is 58.7 Å². The highest BCUT2D eigenvalue weighted by atomic mass is 32.1. The Morgan fingerprint density at radius 3 is 3.05 bits per heavy atom. The Kier molecular flexibility index (Phi) is 3.58. The van der Waals surface area contributed by atoms with Crippen molar-refractivity contribution in [3.8, 4) is 6.07 Å². The van der Waals surface area contributed by atoms with Gasteiger partial charge in [0.05, 0.1) is 11.5 Å². The number of nitrogens with zero attached hydrogens (tertiary/aromatic N) is 3. The van der Waals surface area contributed by atoms with Gasteiger partial charge in [0.1, 0.15) is 10.7 Å². The molecular weight excluding hydrogens is 270 g/mol. The number of hydrogen-bond acceptors (Lipinski definition) is 4. The van der Waals surface area contributed by atoms with Crippen molar-refractivity contribution in [2.24, 2.45) is 0 Å². The van der Waals surface area contributed by atoms with Gasteiger partial charge in [-0.25, -0.2) is 4.98 Å². The van der Waals surface area contributed by atoms with Gasteiger partial charge in [0, 0.05) is 24.3 Å².